The number of anilines is 1. The lowest BCUT2D eigenvalue weighted by Crippen LogP contribution is -2.48. The van der Waals surface area contributed by atoms with Crippen LogP contribution >= 0.6 is 0 Å². The van der Waals surface area contributed by atoms with Crippen molar-refractivity contribution in [2.45, 2.75) is 39.0 Å². The fourth-order valence-corrected chi connectivity index (χ4v) is 3.38. The molecule has 2 unspecified atom stereocenters. The van der Waals surface area contributed by atoms with Crippen LogP contribution in [0.4, 0.5) is 5.69 Å². The highest BCUT2D eigenvalue weighted by Crippen LogP contribution is 2.20. The van der Waals surface area contributed by atoms with Crippen molar-refractivity contribution in [2.24, 2.45) is 0 Å². The Morgan fingerprint density at radius 3 is 2.12 bits per heavy atom. The van der Waals surface area contributed by atoms with Gasteiger partial charge in [-0.05, 0) is 64.7 Å². The second-order valence-electron chi connectivity index (χ2n) is 8.41. The molecular weight excluding hydrogens is 432 g/mol. The molecule has 0 aromatic heterocycles. The Bertz CT molecular complexity index is 926. The average molecular weight is 463 g/mol. The zero-order valence-electron chi connectivity index (χ0n) is 19.0. The maximum Gasteiger partial charge on any atom is 0.338 e. The van der Waals surface area contributed by atoms with Crippen molar-refractivity contribution in [3.63, 3.8) is 0 Å². The summed E-state index contributed by atoms with van der Waals surface area (Å²) in [6.45, 7) is 5.34. The molecule has 9 heteroatoms. The van der Waals surface area contributed by atoms with E-state index in [0.717, 1.165) is 9.87 Å². The molecular formula is C23H30N2O6S. The maximum atomic E-state index is 12.6. The Kier molecular flexibility index (Phi) is 8.94. The molecule has 0 bridgehead atoms. The summed E-state index contributed by atoms with van der Waals surface area (Å²) in [7, 11) is 3.39. The summed E-state index contributed by atoms with van der Waals surface area (Å²) in [5.41, 5.74) is 0.873. The van der Waals surface area contributed by atoms with Crippen LogP contribution in [0.15, 0.2) is 54.6 Å². The third-order valence-electron chi connectivity index (χ3n) is 4.43. The molecule has 174 valence electrons. The van der Waals surface area contributed by atoms with Crippen molar-refractivity contribution >= 4 is 28.9 Å². The van der Waals surface area contributed by atoms with Crippen LogP contribution in [0.1, 0.15) is 36.7 Å². The Morgan fingerprint density at radius 2 is 1.62 bits per heavy atom. The van der Waals surface area contributed by atoms with E-state index in [1.807, 2.05) is 30.3 Å². The molecule has 2 aromatic carbocycles. The number of hydrogen-bond donors (Lipinski definition) is 1. The molecule has 0 aliphatic carbocycles. The second kappa shape index (κ2) is 11.2. The number of hydrogen-bond acceptors (Lipinski definition) is 6. The van der Waals surface area contributed by atoms with E-state index >= 15 is 0 Å². The van der Waals surface area contributed by atoms with Crippen LogP contribution in [-0.2, 0) is 32.1 Å². The van der Waals surface area contributed by atoms with Crippen LogP contribution in [0.25, 0.3) is 0 Å². The first-order chi connectivity index (χ1) is 15.0. The molecule has 0 spiro atoms. The molecule has 0 heterocycles. The van der Waals surface area contributed by atoms with Crippen molar-refractivity contribution in [1.29, 1.82) is 0 Å². The number of esters is 2. The molecule has 0 fully saturated rings. The van der Waals surface area contributed by atoms with E-state index in [9.17, 15) is 18.4 Å². The van der Waals surface area contributed by atoms with Gasteiger partial charge in [-0.2, -0.15) is 0 Å². The van der Waals surface area contributed by atoms with Crippen molar-refractivity contribution in [2.75, 3.05) is 24.9 Å². The Labute approximate surface area is 191 Å². The fraction of sp³-hybridized carbons (Fsp3) is 0.391. The minimum absolute atomic E-state index is 0.0805. The number of ether oxygens (including phenoxy) is 2. The van der Waals surface area contributed by atoms with Gasteiger partial charge in [0.25, 0.3) is 11.3 Å². The first kappa shape index (κ1) is 25.5. The van der Waals surface area contributed by atoms with Crippen LogP contribution in [0.3, 0.4) is 0 Å². The Balaban J connectivity index is 2.11. The minimum Gasteiger partial charge on any atom is -0.459 e. The molecule has 2 aromatic rings. The number of benzene rings is 2. The first-order valence-electron chi connectivity index (χ1n) is 10.1. The molecule has 0 amide bonds. The molecule has 0 saturated heterocycles. The van der Waals surface area contributed by atoms with Gasteiger partial charge in [-0.15, -0.1) is 0 Å². The van der Waals surface area contributed by atoms with Crippen molar-refractivity contribution < 1.29 is 27.8 Å². The molecule has 0 aliphatic rings. The summed E-state index contributed by atoms with van der Waals surface area (Å²) in [5.74, 6) is -1.00. The summed E-state index contributed by atoms with van der Waals surface area (Å²) >= 11 is -2.39. The SMILES string of the molecule is CN(C)C(CN(c1ccc(C(=O)OCc2ccccc2)cc1)S(=O)O)C(=O)OC(C)(C)C. The third-order valence-corrected chi connectivity index (χ3v) is 5.17. The highest BCUT2D eigenvalue weighted by Gasteiger charge is 2.30. The summed E-state index contributed by atoms with van der Waals surface area (Å²) in [6.07, 6.45) is 0. The van der Waals surface area contributed by atoms with Gasteiger partial charge in [0.05, 0.1) is 17.8 Å². The highest BCUT2D eigenvalue weighted by molar-refractivity contribution is 7.80. The highest BCUT2D eigenvalue weighted by atomic mass is 32.2. The summed E-state index contributed by atoms with van der Waals surface area (Å²) < 4.78 is 33.8. The molecule has 32 heavy (non-hydrogen) atoms. The van der Waals surface area contributed by atoms with Gasteiger partial charge in [0, 0.05) is 0 Å². The first-order valence-corrected chi connectivity index (χ1v) is 11.1. The molecule has 2 atom stereocenters. The maximum absolute atomic E-state index is 12.6. The van der Waals surface area contributed by atoms with Crippen LogP contribution in [0.2, 0.25) is 0 Å². The standard InChI is InChI=1S/C23H30N2O6S/c1-23(2,3)31-22(27)20(24(4)5)15-25(32(28)29)19-13-11-18(12-14-19)21(26)30-16-17-9-7-6-8-10-17/h6-14,20H,15-16H2,1-5H3,(H,28,29). The monoisotopic (exact) mass is 462 g/mol. The van der Waals surface area contributed by atoms with E-state index in [4.69, 9.17) is 9.47 Å². The van der Waals surface area contributed by atoms with E-state index in [0.29, 0.717) is 11.3 Å². The van der Waals surface area contributed by atoms with E-state index in [-0.39, 0.29) is 13.2 Å². The van der Waals surface area contributed by atoms with Gasteiger partial charge < -0.3 is 9.47 Å². The predicted octanol–water partition coefficient (Wildman–Crippen LogP) is 3.26. The topological polar surface area (TPSA) is 96.4 Å². The Morgan fingerprint density at radius 1 is 1.03 bits per heavy atom. The average Bonchev–Trinajstić information content (AvgIpc) is 2.71. The molecule has 2 rings (SSSR count). The van der Waals surface area contributed by atoms with Crippen LogP contribution in [0.5, 0.6) is 0 Å². The molecule has 0 aliphatic heterocycles. The van der Waals surface area contributed by atoms with Crippen molar-refractivity contribution in [3.05, 3.63) is 65.7 Å². The summed E-state index contributed by atoms with van der Waals surface area (Å²) in [4.78, 5) is 26.5. The third kappa shape index (κ3) is 7.74. The van der Waals surface area contributed by atoms with Gasteiger partial charge >= 0.3 is 11.9 Å². The van der Waals surface area contributed by atoms with Crippen molar-refractivity contribution in [1.82, 2.24) is 4.90 Å². The molecule has 8 nitrogen and oxygen atoms in total. The fourth-order valence-electron chi connectivity index (χ4n) is 2.81. The molecule has 1 N–H and O–H groups in total. The zero-order chi connectivity index (χ0) is 23.9. The lowest BCUT2D eigenvalue weighted by atomic mass is 10.1. The quantitative estimate of drug-likeness (QED) is 0.451. The van der Waals surface area contributed by atoms with Crippen LogP contribution < -0.4 is 4.31 Å². The number of carbonyl (C=O) groups excluding carboxylic acids is 2. The van der Waals surface area contributed by atoms with Crippen molar-refractivity contribution in [3.8, 4) is 0 Å². The number of likely N-dealkylation sites (N-methyl/N-ethyl adjacent to an activating group) is 1. The van der Waals surface area contributed by atoms with Gasteiger partial charge in [-0.3, -0.25) is 18.6 Å². The van der Waals surface area contributed by atoms with E-state index in [2.05, 4.69) is 0 Å². The van der Waals surface area contributed by atoms with E-state index in [1.54, 1.807) is 39.8 Å². The largest absolute Gasteiger partial charge is 0.459 e. The number of nitrogens with zero attached hydrogens (tertiary/aromatic N) is 2. The van der Waals surface area contributed by atoms with Gasteiger partial charge in [0.2, 0.25) is 0 Å². The van der Waals surface area contributed by atoms with Gasteiger partial charge in [-0.25, -0.2) is 9.00 Å². The summed E-state index contributed by atoms with van der Waals surface area (Å²) in [5, 5.41) is 0. The predicted molar refractivity (Wildman–Crippen MR) is 123 cm³/mol. The van der Waals surface area contributed by atoms with E-state index in [1.165, 1.54) is 24.3 Å². The number of rotatable bonds is 9. The number of carbonyl (C=O) groups is 2. The van der Waals surface area contributed by atoms with Gasteiger partial charge in [0.15, 0.2) is 0 Å². The van der Waals surface area contributed by atoms with Crippen LogP contribution in [-0.4, -0.2) is 57.9 Å². The van der Waals surface area contributed by atoms with Crippen LogP contribution in [0, 0.1) is 0 Å². The minimum atomic E-state index is -2.39. The smallest absolute Gasteiger partial charge is 0.338 e. The lowest BCUT2D eigenvalue weighted by molar-refractivity contribution is -0.160. The Hall–Kier alpha value is -2.75. The second-order valence-corrected chi connectivity index (χ2v) is 9.32. The van der Waals surface area contributed by atoms with Gasteiger partial charge in [-0.1, -0.05) is 30.3 Å². The molecule has 0 saturated carbocycles. The van der Waals surface area contributed by atoms with Gasteiger partial charge in [0.1, 0.15) is 18.2 Å². The zero-order valence-corrected chi connectivity index (χ0v) is 19.8. The normalized spacial score (nSPS) is 13.3. The summed E-state index contributed by atoms with van der Waals surface area (Å²) in [6, 6.07) is 14.6. The lowest BCUT2D eigenvalue weighted by Gasteiger charge is -2.31. The van der Waals surface area contributed by atoms with E-state index < -0.39 is 34.8 Å². The molecule has 0 radical (unpaired) electrons.